The van der Waals surface area contributed by atoms with Gasteiger partial charge >= 0.3 is 0 Å². The van der Waals surface area contributed by atoms with Crippen molar-refractivity contribution in [3.63, 3.8) is 0 Å². The lowest BCUT2D eigenvalue weighted by Gasteiger charge is -2.11. The Balaban J connectivity index is 1.31. The molecule has 9 rings (SSSR count). The first-order valence-electron chi connectivity index (χ1n) is 14.3. The van der Waals surface area contributed by atoms with E-state index in [-0.39, 0.29) is 5.82 Å². The van der Waals surface area contributed by atoms with Crippen LogP contribution in [0.25, 0.3) is 82.8 Å². The SMILES string of the molecule is Fc1ccc(-n2c3ccc(-c4ccccc4)cc3c3cc(-c4ccc5c6c(cccc46)-c4ccccc4-5)ccc32)cc1. The molecule has 0 saturated carbocycles. The van der Waals surface area contributed by atoms with Gasteiger partial charge in [-0.1, -0.05) is 97.1 Å². The van der Waals surface area contributed by atoms with Crippen LogP contribution in [-0.4, -0.2) is 4.57 Å². The number of benzene rings is 7. The molecule has 0 fully saturated rings. The van der Waals surface area contributed by atoms with Crippen LogP contribution in [0.3, 0.4) is 0 Å². The number of aromatic nitrogens is 1. The second-order valence-electron chi connectivity index (χ2n) is 11.1. The predicted molar refractivity (Wildman–Crippen MR) is 174 cm³/mol. The fourth-order valence-corrected chi connectivity index (χ4v) is 6.93. The van der Waals surface area contributed by atoms with Crippen LogP contribution >= 0.6 is 0 Å². The molecule has 0 atom stereocenters. The number of halogens is 1. The summed E-state index contributed by atoms with van der Waals surface area (Å²) >= 11 is 0. The smallest absolute Gasteiger partial charge is 0.123 e. The van der Waals surface area contributed by atoms with Crippen molar-refractivity contribution in [1.82, 2.24) is 4.57 Å². The van der Waals surface area contributed by atoms with E-state index in [1.54, 1.807) is 0 Å². The van der Waals surface area contributed by atoms with E-state index in [9.17, 15) is 4.39 Å². The van der Waals surface area contributed by atoms with Crippen molar-refractivity contribution in [2.24, 2.45) is 0 Å². The van der Waals surface area contributed by atoms with Gasteiger partial charge in [0.2, 0.25) is 0 Å². The molecule has 0 N–H and O–H groups in total. The fraction of sp³-hybridized carbons (Fsp3) is 0. The van der Waals surface area contributed by atoms with E-state index in [0.29, 0.717) is 0 Å². The lowest BCUT2D eigenvalue weighted by atomic mass is 9.93. The van der Waals surface area contributed by atoms with Gasteiger partial charge in [-0.05, 0) is 104 Å². The summed E-state index contributed by atoms with van der Waals surface area (Å²) < 4.78 is 16.1. The Morgan fingerprint density at radius 1 is 0.381 bits per heavy atom. The molecule has 1 aromatic heterocycles. The summed E-state index contributed by atoms with van der Waals surface area (Å²) in [6.07, 6.45) is 0. The molecule has 0 spiro atoms. The summed E-state index contributed by atoms with van der Waals surface area (Å²) in [6, 6.07) is 50.6. The van der Waals surface area contributed by atoms with Gasteiger partial charge < -0.3 is 4.57 Å². The van der Waals surface area contributed by atoms with Gasteiger partial charge in [0, 0.05) is 16.5 Å². The minimum absolute atomic E-state index is 0.234. The zero-order chi connectivity index (χ0) is 27.8. The van der Waals surface area contributed by atoms with Crippen LogP contribution in [0.5, 0.6) is 0 Å². The number of nitrogens with zero attached hydrogens (tertiary/aromatic N) is 1. The molecule has 0 aliphatic heterocycles. The molecule has 0 amide bonds. The van der Waals surface area contributed by atoms with Crippen molar-refractivity contribution in [1.29, 1.82) is 0 Å². The molecule has 8 aromatic rings. The number of rotatable bonds is 3. The molecule has 0 bridgehead atoms. The van der Waals surface area contributed by atoms with E-state index >= 15 is 0 Å². The maximum atomic E-state index is 13.9. The molecule has 1 heterocycles. The predicted octanol–water partition coefficient (Wildman–Crippen LogP) is 11.1. The van der Waals surface area contributed by atoms with Crippen LogP contribution in [0.1, 0.15) is 0 Å². The standard InChI is InChI=1S/C40H24FN/c41-28-15-17-29(18-16-28)42-38-21-13-26(25-7-2-1-3-8-25)23-36(38)37-24-27(14-22-39(37)42)30-19-20-35-32-10-5-4-9-31(32)34-12-6-11-33(30)40(34)35/h1-24H. The van der Waals surface area contributed by atoms with E-state index in [0.717, 1.165) is 16.7 Å². The van der Waals surface area contributed by atoms with E-state index in [4.69, 9.17) is 0 Å². The molecule has 1 nitrogen and oxygen atoms in total. The summed E-state index contributed by atoms with van der Waals surface area (Å²) in [5, 5.41) is 4.95. The van der Waals surface area contributed by atoms with Gasteiger partial charge in [-0.2, -0.15) is 0 Å². The number of fused-ring (bicyclic) bond motifs is 6. The maximum absolute atomic E-state index is 13.9. The van der Waals surface area contributed by atoms with E-state index in [1.807, 2.05) is 18.2 Å². The quantitative estimate of drug-likeness (QED) is 0.211. The molecule has 1 aliphatic rings. The van der Waals surface area contributed by atoms with Gasteiger partial charge in [0.1, 0.15) is 5.82 Å². The molecular formula is C40H24FN. The maximum Gasteiger partial charge on any atom is 0.123 e. The summed E-state index contributed by atoms with van der Waals surface area (Å²) in [6.45, 7) is 0. The van der Waals surface area contributed by atoms with Crippen molar-refractivity contribution in [2.75, 3.05) is 0 Å². The van der Waals surface area contributed by atoms with Crippen LogP contribution in [0.15, 0.2) is 146 Å². The molecule has 7 aromatic carbocycles. The average Bonchev–Trinajstić information content (AvgIpc) is 3.55. The molecule has 0 radical (unpaired) electrons. The second kappa shape index (κ2) is 8.76. The van der Waals surface area contributed by atoms with Crippen molar-refractivity contribution in [3.8, 4) is 50.2 Å². The minimum Gasteiger partial charge on any atom is -0.309 e. The average molecular weight is 538 g/mol. The summed E-state index contributed by atoms with van der Waals surface area (Å²) in [5.74, 6) is -0.234. The lowest BCUT2D eigenvalue weighted by Crippen LogP contribution is -1.94. The Hall–Kier alpha value is -5.47. The van der Waals surface area contributed by atoms with E-state index < -0.39 is 0 Å². The zero-order valence-electron chi connectivity index (χ0n) is 22.7. The first kappa shape index (κ1) is 23.3. The summed E-state index contributed by atoms with van der Waals surface area (Å²) in [7, 11) is 0. The number of hydrogen-bond acceptors (Lipinski definition) is 0. The molecule has 1 aliphatic carbocycles. The van der Waals surface area contributed by atoms with Crippen molar-refractivity contribution in [3.05, 3.63) is 151 Å². The zero-order valence-corrected chi connectivity index (χ0v) is 22.7. The van der Waals surface area contributed by atoms with Crippen LogP contribution in [0, 0.1) is 5.82 Å². The topological polar surface area (TPSA) is 4.93 Å². The normalized spacial score (nSPS) is 11.9. The Labute approximate surface area is 242 Å². The third-order valence-corrected chi connectivity index (χ3v) is 8.82. The number of hydrogen-bond donors (Lipinski definition) is 0. The van der Waals surface area contributed by atoms with Crippen LogP contribution in [0.2, 0.25) is 0 Å². The molecule has 42 heavy (non-hydrogen) atoms. The lowest BCUT2D eigenvalue weighted by molar-refractivity contribution is 0.627. The van der Waals surface area contributed by atoms with Gasteiger partial charge in [-0.15, -0.1) is 0 Å². The van der Waals surface area contributed by atoms with Gasteiger partial charge in [-0.25, -0.2) is 4.39 Å². The molecular weight excluding hydrogens is 513 g/mol. The van der Waals surface area contributed by atoms with Crippen molar-refractivity contribution in [2.45, 2.75) is 0 Å². The highest BCUT2D eigenvalue weighted by molar-refractivity contribution is 6.19. The summed E-state index contributed by atoms with van der Waals surface area (Å²) in [5.41, 5.74) is 13.1. The van der Waals surface area contributed by atoms with E-state index in [1.165, 1.54) is 78.2 Å². The second-order valence-corrected chi connectivity index (χ2v) is 11.1. The first-order chi connectivity index (χ1) is 20.7. The highest BCUT2D eigenvalue weighted by Gasteiger charge is 2.22. The van der Waals surface area contributed by atoms with Gasteiger partial charge in [0.05, 0.1) is 11.0 Å². The third kappa shape index (κ3) is 3.30. The Morgan fingerprint density at radius 3 is 1.71 bits per heavy atom. The van der Waals surface area contributed by atoms with Crippen LogP contribution < -0.4 is 0 Å². The first-order valence-corrected chi connectivity index (χ1v) is 14.3. The largest absolute Gasteiger partial charge is 0.309 e. The molecule has 2 heteroatoms. The Kier molecular flexibility index (Phi) is 4.85. The highest BCUT2D eigenvalue weighted by atomic mass is 19.1. The van der Waals surface area contributed by atoms with Crippen LogP contribution in [-0.2, 0) is 0 Å². The van der Waals surface area contributed by atoms with Crippen LogP contribution in [0.4, 0.5) is 4.39 Å². The van der Waals surface area contributed by atoms with Gasteiger partial charge in [-0.3, -0.25) is 0 Å². The van der Waals surface area contributed by atoms with Gasteiger partial charge in [0.15, 0.2) is 0 Å². The third-order valence-electron chi connectivity index (χ3n) is 8.82. The minimum atomic E-state index is -0.234. The highest BCUT2D eigenvalue weighted by Crippen LogP contribution is 2.49. The van der Waals surface area contributed by atoms with Gasteiger partial charge in [0.25, 0.3) is 0 Å². The molecule has 0 unspecified atom stereocenters. The molecule has 196 valence electrons. The van der Waals surface area contributed by atoms with E-state index in [2.05, 4.69) is 120 Å². The monoisotopic (exact) mass is 537 g/mol. The van der Waals surface area contributed by atoms with Crippen molar-refractivity contribution >= 4 is 32.6 Å². The molecule has 0 saturated heterocycles. The van der Waals surface area contributed by atoms with Crippen molar-refractivity contribution < 1.29 is 4.39 Å². The Morgan fingerprint density at radius 2 is 0.976 bits per heavy atom. The summed E-state index contributed by atoms with van der Waals surface area (Å²) in [4.78, 5) is 0. The fourth-order valence-electron chi connectivity index (χ4n) is 6.93. The Bertz CT molecular complexity index is 2310.